The van der Waals surface area contributed by atoms with E-state index in [-0.39, 0.29) is 12.1 Å². The molecule has 2 aliphatic heterocycles. The maximum atomic E-state index is 13.2. The molecule has 2 aliphatic carbocycles. The van der Waals surface area contributed by atoms with Crippen LogP contribution in [0.15, 0.2) is 73.1 Å². The molecule has 10 rings (SSSR count). The summed E-state index contributed by atoms with van der Waals surface area (Å²) < 4.78 is 4.26. The Morgan fingerprint density at radius 2 is 1.02 bits per heavy atom. The van der Waals surface area contributed by atoms with Crippen molar-refractivity contribution in [2.24, 2.45) is 0 Å². The van der Waals surface area contributed by atoms with Crippen LogP contribution >= 0.6 is 0 Å². The molecule has 0 bridgehead atoms. The zero-order valence-electron chi connectivity index (χ0n) is 38.6. The predicted octanol–water partition coefficient (Wildman–Crippen LogP) is 5.84. The highest BCUT2D eigenvalue weighted by atomic mass is 16.3. The molecule has 2 saturated heterocycles. The van der Waals surface area contributed by atoms with E-state index in [0.717, 1.165) is 123 Å². The van der Waals surface area contributed by atoms with Crippen LogP contribution in [0, 0.1) is 0 Å². The molecule has 0 radical (unpaired) electrons. The van der Waals surface area contributed by atoms with Gasteiger partial charge in [-0.2, -0.15) is 0 Å². The number of likely N-dealkylation sites (N-methyl/N-ethyl adjacent to an activating group) is 2. The third-order valence-corrected chi connectivity index (χ3v) is 15.0. The molecule has 14 heteroatoms. The molecule has 2 unspecified atom stereocenters. The summed E-state index contributed by atoms with van der Waals surface area (Å²) in [5.74, 6) is 1.95. The van der Waals surface area contributed by atoms with E-state index in [9.17, 15) is 10.2 Å². The maximum absolute atomic E-state index is 13.2. The first-order valence-electron chi connectivity index (χ1n) is 23.5. The van der Waals surface area contributed by atoms with Crippen molar-refractivity contribution in [3.05, 3.63) is 118 Å². The lowest BCUT2D eigenvalue weighted by molar-refractivity contribution is 0.00898. The van der Waals surface area contributed by atoms with E-state index in [1.165, 1.54) is 11.1 Å². The maximum Gasteiger partial charge on any atom is 0.138 e. The number of nitrogens with zero attached hydrogens (tertiary/aromatic N) is 12. The fourth-order valence-corrected chi connectivity index (χ4v) is 11.4. The fourth-order valence-electron chi connectivity index (χ4n) is 11.4. The Bertz CT molecular complexity index is 2430. The number of aliphatic hydroxyl groups is 2. The van der Waals surface area contributed by atoms with Crippen molar-refractivity contribution in [2.75, 3.05) is 78.3 Å². The Balaban J connectivity index is 1.10. The van der Waals surface area contributed by atoms with Crippen LogP contribution in [0.3, 0.4) is 0 Å². The van der Waals surface area contributed by atoms with Crippen molar-refractivity contribution in [1.82, 2.24) is 48.3 Å². The van der Waals surface area contributed by atoms with Gasteiger partial charge in [0.1, 0.15) is 35.1 Å². The van der Waals surface area contributed by atoms with Gasteiger partial charge in [0.2, 0.25) is 0 Å². The molecule has 0 spiro atoms. The number of rotatable bonds is 13. The normalized spacial score (nSPS) is 22.4. The van der Waals surface area contributed by atoms with E-state index < -0.39 is 12.2 Å². The summed E-state index contributed by atoms with van der Waals surface area (Å²) in [6.07, 6.45) is 9.40. The Labute approximate surface area is 377 Å². The number of fused-ring (bicyclic) bond motifs is 4. The third-order valence-electron chi connectivity index (χ3n) is 15.0. The highest BCUT2D eigenvalue weighted by Crippen LogP contribution is 2.41. The molecule has 0 amide bonds. The number of imidazole rings is 2. The zero-order valence-corrected chi connectivity index (χ0v) is 38.6. The van der Waals surface area contributed by atoms with Crippen molar-refractivity contribution >= 4 is 22.9 Å². The number of hydrogen-bond donors (Lipinski definition) is 2. The van der Waals surface area contributed by atoms with Crippen molar-refractivity contribution < 1.29 is 10.2 Å². The minimum absolute atomic E-state index is 0.109. The number of anilines is 2. The lowest BCUT2D eigenvalue weighted by Crippen LogP contribution is -2.32. The number of pyridine rings is 4. The molecular weight excluding hydrogens is 801 g/mol. The summed E-state index contributed by atoms with van der Waals surface area (Å²) in [5.41, 5.74) is 9.07. The smallest absolute Gasteiger partial charge is 0.138 e. The molecule has 6 aromatic rings. The molecule has 4 aliphatic rings. The number of aryl methyl sites for hydroxylation is 2. The van der Waals surface area contributed by atoms with Crippen LogP contribution in [0.25, 0.3) is 11.3 Å². The van der Waals surface area contributed by atoms with E-state index in [1.807, 2.05) is 36.7 Å². The molecule has 6 aromatic heterocycles. The first kappa shape index (κ1) is 43.0. The average Bonchev–Trinajstić information content (AvgIpc) is 4.13. The summed E-state index contributed by atoms with van der Waals surface area (Å²) in [6.45, 7) is 4.43. The van der Waals surface area contributed by atoms with Crippen molar-refractivity contribution in [1.29, 1.82) is 0 Å². The van der Waals surface area contributed by atoms with E-state index in [4.69, 9.17) is 19.9 Å². The predicted molar refractivity (Wildman–Crippen MR) is 252 cm³/mol. The summed E-state index contributed by atoms with van der Waals surface area (Å²) in [7, 11) is 12.9. The van der Waals surface area contributed by atoms with Gasteiger partial charge in [-0.15, -0.1) is 0 Å². The lowest BCUT2D eigenvalue weighted by atomic mass is 9.91. The SMILES string of the molecule is CN(C)[C@@H]1CCN(c2cccc3nc(CN(C)[C@H]4CCCc5cccnc54)c(C(O)C(O)c4c(CN(C)[C@H]5CCCc6cccnc65)nc5cccc(N6CC[C@@H](N(C)C)C6)n45)n23)C1. The van der Waals surface area contributed by atoms with E-state index in [2.05, 4.69) is 117 Å². The Hall–Kier alpha value is -4.96. The molecule has 2 N–H and O–H groups in total. The molecular formula is C50H66N12O2. The summed E-state index contributed by atoms with van der Waals surface area (Å²) in [4.78, 5) is 34.5. The molecule has 338 valence electrons. The van der Waals surface area contributed by atoms with E-state index >= 15 is 0 Å². The lowest BCUT2D eigenvalue weighted by Gasteiger charge is -2.33. The molecule has 8 heterocycles. The van der Waals surface area contributed by atoms with Crippen molar-refractivity contribution in [3.8, 4) is 0 Å². The van der Waals surface area contributed by atoms with Gasteiger partial charge in [0.25, 0.3) is 0 Å². The van der Waals surface area contributed by atoms with Crippen molar-refractivity contribution in [2.45, 2.75) is 101 Å². The number of aromatic nitrogens is 6. The largest absolute Gasteiger partial charge is 0.384 e. The monoisotopic (exact) mass is 867 g/mol. The molecule has 2 fully saturated rings. The quantitative estimate of drug-likeness (QED) is 0.145. The summed E-state index contributed by atoms with van der Waals surface area (Å²) in [5, 5.41) is 26.5. The van der Waals surface area contributed by atoms with Crippen LogP contribution < -0.4 is 9.80 Å². The number of aliphatic hydroxyl groups excluding tert-OH is 2. The third kappa shape index (κ3) is 7.85. The fraction of sp³-hybridized carbons (Fsp3) is 0.520. The molecule has 0 aromatic carbocycles. The van der Waals surface area contributed by atoms with E-state index in [1.54, 1.807) is 0 Å². The first-order valence-corrected chi connectivity index (χ1v) is 23.5. The molecule has 6 atom stereocenters. The topological polar surface area (TPSA) is 120 Å². The van der Waals surface area contributed by atoms with Gasteiger partial charge in [0.15, 0.2) is 0 Å². The second-order valence-corrected chi connectivity index (χ2v) is 19.4. The van der Waals surface area contributed by atoms with Gasteiger partial charge in [0, 0.05) is 63.7 Å². The standard InChI is InChI=1S/C50H66N12O2/c1-55(2)35-23-27-59(29-35)43-21-9-19-41-53-37(31-57(5)39-17-7-13-33-15-11-25-51-45(33)39)47(61(41)43)49(63)50(64)48-38(32-58(6)40-18-8-14-34-16-12-26-52-46(34)40)54-42-20-10-22-44(62(42)48)60-28-24-36(30-60)56(3)4/h9-12,15-16,19-22,25-26,35-36,39-40,49-50,63-64H,7-8,13-14,17-18,23-24,27-32H2,1-6H3/t35-,36-,39+,40+,49?,50?/m1/s1. The highest BCUT2D eigenvalue weighted by Gasteiger charge is 2.38. The Morgan fingerprint density at radius 3 is 1.42 bits per heavy atom. The van der Waals surface area contributed by atoms with Gasteiger partial charge in [-0.1, -0.05) is 24.3 Å². The van der Waals surface area contributed by atoms with Gasteiger partial charge in [-0.25, -0.2) is 9.97 Å². The minimum Gasteiger partial charge on any atom is -0.384 e. The van der Waals surface area contributed by atoms with Crippen LogP contribution in [0.1, 0.15) is 108 Å². The van der Waals surface area contributed by atoms with E-state index in [0.29, 0.717) is 36.6 Å². The summed E-state index contributed by atoms with van der Waals surface area (Å²) in [6, 6.07) is 22.0. The van der Waals surface area contributed by atoms with Crippen LogP contribution in [0.5, 0.6) is 0 Å². The van der Waals surface area contributed by atoms with Crippen molar-refractivity contribution in [3.63, 3.8) is 0 Å². The molecule has 14 nitrogen and oxygen atoms in total. The molecule has 64 heavy (non-hydrogen) atoms. The average molecular weight is 867 g/mol. The second kappa shape index (κ2) is 17.8. The van der Waals surface area contributed by atoms with Gasteiger partial charge >= 0.3 is 0 Å². The van der Waals surface area contributed by atoms with Crippen LogP contribution in [-0.2, 0) is 25.9 Å². The van der Waals surface area contributed by atoms with Crippen LogP contribution in [0.2, 0.25) is 0 Å². The van der Waals surface area contributed by atoms with Gasteiger partial charge in [-0.05, 0) is 141 Å². The Kier molecular flexibility index (Phi) is 11.9. The molecule has 0 saturated carbocycles. The first-order chi connectivity index (χ1) is 31.0. The Morgan fingerprint density at radius 1 is 0.578 bits per heavy atom. The van der Waals surface area contributed by atoms with Gasteiger partial charge in [-0.3, -0.25) is 28.6 Å². The van der Waals surface area contributed by atoms with Crippen LogP contribution in [-0.4, -0.2) is 139 Å². The zero-order chi connectivity index (χ0) is 44.2. The summed E-state index contributed by atoms with van der Waals surface area (Å²) >= 11 is 0. The van der Waals surface area contributed by atoms with Gasteiger partial charge < -0.3 is 29.8 Å². The van der Waals surface area contributed by atoms with Gasteiger partial charge in [0.05, 0.1) is 46.2 Å². The second-order valence-electron chi connectivity index (χ2n) is 19.4. The van der Waals surface area contributed by atoms with Crippen LogP contribution in [0.4, 0.5) is 11.6 Å². The minimum atomic E-state index is -1.34. The number of hydrogen-bond acceptors (Lipinski definition) is 12. The highest BCUT2D eigenvalue weighted by molar-refractivity contribution is 5.58.